The highest BCUT2D eigenvalue weighted by Gasteiger charge is 2.60. The molecule has 0 aromatic heterocycles. The number of nitrogens with zero attached hydrogens (tertiary/aromatic N) is 1. The van der Waals surface area contributed by atoms with Crippen LogP contribution in [0.5, 0.6) is 11.5 Å². The molecule has 1 N–H and O–H groups in total. The lowest BCUT2D eigenvalue weighted by atomic mass is 9.70. The molecule has 2 unspecified atom stereocenters. The van der Waals surface area contributed by atoms with Crippen molar-refractivity contribution in [2.24, 2.45) is 21.8 Å². The van der Waals surface area contributed by atoms with Crippen LogP contribution in [0.25, 0.3) is 0 Å². The lowest BCUT2D eigenvalue weighted by Gasteiger charge is -2.34. The SMILES string of the molecule is CC12CCC(C/C1=N/NC(=O)COC(=O)Cc1ccc3c(c1)OCCO3)C2(C)C. The minimum Gasteiger partial charge on any atom is -0.486 e. The summed E-state index contributed by atoms with van der Waals surface area (Å²) in [5, 5.41) is 4.38. The molecule has 2 saturated carbocycles. The van der Waals surface area contributed by atoms with Crippen LogP contribution in [0.4, 0.5) is 0 Å². The highest BCUT2D eigenvalue weighted by Crippen LogP contribution is 2.63. The van der Waals surface area contributed by atoms with E-state index in [2.05, 4.69) is 31.3 Å². The summed E-state index contributed by atoms with van der Waals surface area (Å²) in [7, 11) is 0. The van der Waals surface area contributed by atoms with Gasteiger partial charge in [0.2, 0.25) is 0 Å². The van der Waals surface area contributed by atoms with E-state index in [4.69, 9.17) is 14.2 Å². The normalized spacial score (nSPS) is 27.7. The second-order valence-corrected chi connectivity index (χ2v) is 8.90. The fourth-order valence-corrected chi connectivity index (χ4v) is 4.82. The van der Waals surface area contributed by atoms with Gasteiger partial charge in [0, 0.05) is 11.1 Å². The third-order valence-corrected chi connectivity index (χ3v) is 7.15. The molecule has 1 amide bonds. The number of fused-ring (bicyclic) bond motifs is 3. The molecule has 0 radical (unpaired) electrons. The van der Waals surface area contributed by atoms with Crippen LogP contribution in [0, 0.1) is 16.7 Å². The molecule has 2 atom stereocenters. The Labute approximate surface area is 170 Å². The molecule has 7 nitrogen and oxygen atoms in total. The van der Waals surface area contributed by atoms with Crippen LogP contribution in [0.3, 0.4) is 0 Å². The molecule has 0 spiro atoms. The summed E-state index contributed by atoms with van der Waals surface area (Å²) in [4.78, 5) is 24.2. The van der Waals surface area contributed by atoms with Gasteiger partial charge in [-0.15, -0.1) is 0 Å². The average Bonchev–Trinajstić information content (AvgIpc) is 3.04. The smallest absolute Gasteiger partial charge is 0.310 e. The van der Waals surface area contributed by atoms with Crippen LogP contribution >= 0.6 is 0 Å². The number of benzene rings is 1. The van der Waals surface area contributed by atoms with Gasteiger partial charge in [-0.3, -0.25) is 9.59 Å². The van der Waals surface area contributed by atoms with Crippen LogP contribution in [0.15, 0.2) is 23.3 Å². The van der Waals surface area contributed by atoms with E-state index in [-0.39, 0.29) is 23.9 Å². The standard InChI is InChI=1S/C22H28N2O5/c1-21(2)15-6-7-22(21,3)18(12-15)23-24-19(25)13-29-20(26)11-14-4-5-16-17(10-14)28-9-8-27-16/h4-5,10,15H,6-9,11-13H2,1-3H3,(H,24,25)/b23-18-. The third-order valence-electron chi connectivity index (χ3n) is 7.15. The van der Waals surface area contributed by atoms with Crippen molar-refractivity contribution in [3.63, 3.8) is 0 Å². The maximum atomic E-state index is 12.1. The summed E-state index contributed by atoms with van der Waals surface area (Å²) in [5.74, 6) is 1.02. The molecule has 156 valence electrons. The van der Waals surface area contributed by atoms with E-state index < -0.39 is 11.9 Å². The van der Waals surface area contributed by atoms with Crippen LogP contribution in [0.1, 0.15) is 45.6 Å². The van der Waals surface area contributed by atoms with Crippen LogP contribution in [-0.2, 0) is 20.7 Å². The Hall–Kier alpha value is -2.57. The van der Waals surface area contributed by atoms with Crippen molar-refractivity contribution in [3.8, 4) is 11.5 Å². The molecule has 2 fully saturated rings. The van der Waals surface area contributed by atoms with E-state index in [1.807, 2.05) is 0 Å². The summed E-state index contributed by atoms with van der Waals surface area (Å²) >= 11 is 0. The molecule has 3 aliphatic rings. The molecular formula is C22H28N2O5. The van der Waals surface area contributed by atoms with Crippen molar-refractivity contribution in [2.45, 2.75) is 46.5 Å². The minimum atomic E-state index is -0.475. The Morgan fingerprint density at radius 1 is 1.21 bits per heavy atom. The first-order valence-electron chi connectivity index (χ1n) is 10.2. The van der Waals surface area contributed by atoms with Gasteiger partial charge in [-0.1, -0.05) is 26.8 Å². The number of hydrazone groups is 1. The van der Waals surface area contributed by atoms with Crippen molar-refractivity contribution in [2.75, 3.05) is 19.8 Å². The van der Waals surface area contributed by atoms with Crippen LogP contribution in [0.2, 0.25) is 0 Å². The first-order chi connectivity index (χ1) is 13.8. The Balaban J connectivity index is 1.26. The summed E-state index contributed by atoms with van der Waals surface area (Å²) in [6, 6.07) is 5.33. The minimum absolute atomic E-state index is 0.0276. The van der Waals surface area contributed by atoms with E-state index in [9.17, 15) is 9.59 Å². The molecule has 1 aromatic carbocycles. The second-order valence-electron chi connectivity index (χ2n) is 8.90. The summed E-state index contributed by atoms with van der Waals surface area (Å²) in [5.41, 5.74) is 4.59. The second kappa shape index (κ2) is 7.35. The quantitative estimate of drug-likeness (QED) is 0.607. The number of nitrogens with one attached hydrogen (secondary N) is 1. The van der Waals surface area contributed by atoms with Gasteiger partial charge in [-0.2, -0.15) is 5.10 Å². The molecule has 1 heterocycles. The van der Waals surface area contributed by atoms with Crippen molar-refractivity contribution < 1.29 is 23.8 Å². The molecule has 4 rings (SSSR count). The predicted molar refractivity (Wildman–Crippen MR) is 107 cm³/mol. The lowest BCUT2D eigenvalue weighted by Crippen LogP contribution is -2.35. The van der Waals surface area contributed by atoms with E-state index in [1.165, 1.54) is 6.42 Å². The van der Waals surface area contributed by atoms with Gasteiger partial charge in [0.05, 0.1) is 6.42 Å². The van der Waals surface area contributed by atoms with Crippen molar-refractivity contribution in [1.82, 2.24) is 5.43 Å². The van der Waals surface area contributed by atoms with Gasteiger partial charge in [-0.05, 0) is 48.3 Å². The number of hydrogen-bond acceptors (Lipinski definition) is 6. The number of hydrogen-bond donors (Lipinski definition) is 1. The van der Waals surface area contributed by atoms with Crippen molar-refractivity contribution in [3.05, 3.63) is 23.8 Å². The summed E-state index contributed by atoms with van der Waals surface area (Å²) < 4.78 is 16.1. The highest BCUT2D eigenvalue weighted by atomic mass is 16.6. The van der Waals surface area contributed by atoms with E-state index in [0.717, 1.165) is 24.1 Å². The topological polar surface area (TPSA) is 86.2 Å². The Bertz CT molecular complexity index is 863. The zero-order valence-corrected chi connectivity index (χ0v) is 17.2. The first-order valence-corrected chi connectivity index (χ1v) is 10.2. The largest absolute Gasteiger partial charge is 0.486 e. The van der Waals surface area contributed by atoms with Crippen molar-refractivity contribution >= 4 is 17.6 Å². The monoisotopic (exact) mass is 400 g/mol. The summed E-state index contributed by atoms with van der Waals surface area (Å²) in [6.45, 7) is 7.47. The summed E-state index contributed by atoms with van der Waals surface area (Å²) in [6.07, 6.45) is 3.30. The molecule has 7 heteroatoms. The van der Waals surface area contributed by atoms with Gasteiger partial charge in [0.1, 0.15) is 13.2 Å². The van der Waals surface area contributed by atoms with Crippen LogP contribution < -0.4 is 14.9 Å². The van der Waals surface area contributed by atoms with E-state index in [1.54, 1.807) is 18.2 Å². The van der Waals surface area contributed by atoms with Crippen molar-refractivity contribution in [1.29, 1.82) is 0 Å². The number of esters is 1. The molecule has 2 aliphatic carbocycles. The molecule has 29 heavy (non-hydrogen) atoms. The van der Waals surface area contributed by atoms with Gasteiger partial charge in [-0.25, -0.2) is 5.43 Å². The van der Waals surface area contributed by atoms with Crippen LogP contribution in [-0.4, -0.2) is 37.4 Å². The number of carbonyl (C=O) groups is 2. The zero-order valence-electron chi connectivity index (χ0n) is 17.2. The molecule has 1 aliphatic heterocycles. The lowest BCUT2D eigenvalue weighted by molar-refractivity contribution is -0.147. The number of carbonyl (C=O) groups excluding carboxylic acids is 2. The number of amides is 1. The van der Waals surface area contributed by atoms with E-state index >= 15 is 0 Å². The highest BCUT2D eigenvalue weighted by molar-refractivity contribution is 5.95. The number of ether oxygens (including phenoxy) is 3. The fourth-order valence-electron chi connectivity index (χ4n) is 4.82. The van der Waals surface area contributed by atoms with Gasteiger partial charge >= 0.3 is 5.97 Å². The molecular weight excluding hydrogens is 372 g/mol. The maximum Gasteiger partial charge on any atom is 0.310 e. The molecule has 0 saturated heterocycles. The fraction of sp³-hybridized carbons (Fsp3) is 0.591. The maximum absolute atomic E-state index is 12.1. The van der Waals surface area contributed by atoms with Gasteiger partial charge < -0.3 is 14.2 Å². The Kier molecular flexibility index (Phi) is 5.00. The predicted octanol–water partition coefficient (Wildman–Crippen LogP) is 2.86. The van der Waals surface area contributed by atoms with Gasteiger partial charge in [0.25, 0.3) is 5.91 Å². The Morgan fingerprint density at radius 3 is 2.66 bits per heavy atom. The third kappa shape index (κ3) is 3.58. The average molecular weight is 400 g/mol. The Morgan fingerprint density at radius 2 is 1.97 bits per heavy atom. The van der Waals surface area contributed by atoms with E-state index in [0.29, 0.717) is 30.6 Å². The van der Waals surface area contributed by atoms with Gasteiger partial charge in [0.15, 0.2) is 18.1 Å². The molecule has 2 bridgehead atoms. The number of rotatable bonds is 5. The first kappa shape index (κ1) is 19.7. The molecule has 1 aromatic rings. The zero-order chi connectivity index (χ0) is 20.6.